The average Bonchev–Trinajstić information content (AvgIpc) is 3.16. The van der Waals surface area contributed by atoms with Crippen LogP contribution in [0.4, 0.5) is 0 Å². The molecule has 0 saturated carbocycles. The van der Waals surface area contributed by atoms with Gasteiger partial charge in [0.2, 0.25) is 0 Å². The molecule has 1 aromatic heterocycles. The molecule has 150 valence electrons. The zero-order valence-corrected chi connectivity index (χ0v) is 16.5. The molecule has 4 rings (SSSR count). The number of likely N-dealkylation sites (tertiary alicyclic amines) is 1. The van der Waals surface area contributed by atoms with E-state index in [4.69, 9.17) is 4.74 Å². The molecule has 1 aliphatic rings. The lowest BCUT2D eigenvalue weighted by Crippen LogP contribution is -2.40. The van der Waals surface area contributed by atoms with Gasteiger partial charge in [-0.05, 0) is 43.5 Å². The molecule has 1 fully saturated rings. The van der Waals surface area contributed by atoms with Gasteiger partial charge >= 0.3 is 5.97 Å². The summed E-state index contributed by atoms with van der Waals surface area (Å²) in [7, 11) is 0. The second-order valence-electron chi connectivity index (χ2n) is 7.25. The highest BCUT2D eigenvalue weighted by atomic mass is 16.5. The summed E-state index contributed by atoms with van der Waals surface area (Å²) in [6.07, 6.45) is 1.28. The number of piperidine rings is 1. The van der Waals surface area contributed by atoms with Crippen LogP contribution in [-0.2, 0) is 16.1 Å². The van der Waals surface area contributed by atoms with E-state index in [9.17, 15) is 9.59 Å². The molecule has 0 N–H and O–H groups in total. The van der Waals surface area contributed by atoms with Crippen LogP contribution in [0, 0.1) is 5.92 Å². The van der Waals surface area contributed by atoms with Gasteiger partial charge in [0.15, 0.2) is 0 Å². The fourth-order valence-electron chi connectivity index (χ4n) is 3.74. The third kappa shape index (κ3) is 4.13. The summed E-state index contributed by atoms with van der Waals surface area (Å²) in [4.78, 5) is 26.6. The number of hydrogen-bond donors (Lipinski definition) is 0. The van der Waals surface area contributed by atoms with Crippen LogP contribution >= 0.6 is 0 Å². The van der Waals surface area contributed by atoms with Gasteiger partial charge in [-0.15, -0.1) is 5.10 Å². The molecule has 1 aliphatic heterocycles. The molecule has 3 aromatic rings. The van der Waals surface area contributed by atoms with Crippen molar-refractivity contribution in [3.05, 3.63) is 59.7 Å². The molecule has 0 radical (unpaired) electrons. The first-order valence-electron chi connectivity index (χ1n) is 9.99. The van der Waals surface area contributed by atoms with Crippen molar-refractivity contribution < 1.29 is 14.3 Å². The molecule has 7 nitrogen and oxygen atoms in total. The Kier molecular flexibility index (Phi) is 5.55. The lowest BCUT2D eigenvalue weighted by molar-refractivity contribution is -0.149. The van der Waals surface area contributed by atoms with Crippen molar-refractivity contribution in [2.45, 2.75) is 26.3 Å². The van der Waals surface area contributed by atoms with E-state index in [0.29, 0.717) is 50.2 Å². The van der Waals surface area contributed by atoms with Crippen molar-refractivity contribution in [2.75, 3.05) is 19.7 Å². The minimum absolute atomic E-state index is 0.0354. The molecular weight excluding hydrogens is 368 g/mol. The molecule has 29 heavy (non-hydrogen) atoms. The van der Waals surface area contributed by atoms with Crippen molar-refractivity contribution in [1.82, 2.24) is 19.9 Å². The van der Waals surface area contributed by atoms with Gasteiger partial charge < -0.3 is 9.64 Å². The number of benzene rings is 2. The standard InChI is InChI=1S/C22H24N4O3/c1-2-29-22(28)17-10-12-25(13-11-17)21(27)18-8-9-20-19(14-18)23-24-26(20)15-16-6-4-3-5-7-16/h3-9,14,17H,2,10-13,15H2,1H3. The van der Waals surface area contributed by atoms with Crippen LogP contribution in [0.2, 0.25) is 0 Å². The molecule has 1 saturated heterocycles. The summed E-state index contributed by atoms with van der Waals surface area (Å²) in [5.74, 6) is -0.303. The number of rotatable bonds is 5. The Labute approximate surface area is 169 Å². The minimum atomic E-state index is -0.156. The second-order valence-corrected chi connectivity index (χ2v) is 7.25. The monoisotopic (exact) mass is 392 g/mol. The molecule has 0 spiro atoms. The van der Waals surface area contributed by atoms with E-state index in [0.717, 1.165) is 11.1 Å². The maximum atomic E-state index is 12.9. The van der Waals surface area contributed by atoms with Crippen LogP contribution in [0.15, 0.2) is 48.5 Å². The Morgan fingerprint density at radius 3 is 2.59 bits per heavy atom. The topological polar surface area (TPSA) is 77.3 Å². The summed E-state index contributed by atoms with van der Waals surface area (Å²) >= 11 is 0. The van der Waals surface area contributed by atoms with E-state index in [1.165, 1.54) is 0 Å². The first-order valence-corrected chi connectivity index (χ1v) is 9.99. The summed E-state index contributed by atoms with van der Waals surface area (Å²) in [6.45, 7) is 3.94. The zero-order chi connectivity index (χ0) is 20.2. The Hall–Kier alpha value is -3.22. The minimum Gasteiger partial charge on any atom is -0.466 e. The first-order chi connectivity index (χ1) is 14.2. The van der Waals surface area contributed by atoms with Crippen LogP contribution in [-0.4, -0.2) is 51.5 Å². The second kappa shape index (κ2) is 8.43. The predicted octanol–water partition coefficient (Wildman–Crippen LogP) is 2.89. The largest absolute Gasteiger partial charge is 0.466 e. The lowest BCUT2D eigenvalue weighted by atomic mass is 9.96. The Bertz CT molecular complexity index is 1010. The molecule has 2 heterocycles. The smallest absolute Gasteiger partial charge is 0.309 e. The summed E-state index contributed by atoms with van der Waals surface area (Å²) in [5, 5.41) is 8.48. The van der Waals surface area contributed by atoms with Gasteiger partial charge in [-0.1, -0.05) is 35.5 Å². The fourth-order valence-corrected chi connectivity index (χ4v) is 3.74. The van der Waals surface area contributed by atoms with Crippen LogP contribution in [0.5, 0.6) is 0 Å². The van der Waals surface area contributed by atoms with E-state index < -0.39 is 0 Å². The summed E-state index contributed by atoms with van der Waals surface area (Å²) in [6, 6.07) is 15.6. The quantitative estimate of drug-likeness (QED) is 0.624. The van der Waals surface area contributed by atoms with Gasteiger partial charge in [-0.25, -0.2) is 4.68 Å². The van der Waals surface area contributed by atoms with E-state index in [2.05, 4.69) is 10.3 Å². The van der Waals surface area contributed by atoms with Crippen molar-refractivity contribution in [2.24, 2.45) is 5.92 Å². The first kappa shape index (κ1) is 19.1. The highest BCUT2D eigenvalue weighted by Gasteiger charge is 2.28. The van der Waals surface area contributed by atoms with E-state index in [1.54, 1.807) is 11.0 Å². The van der Waals surface area contributed by atoms with Gasteiger partial charge in [0, 0.05) is 18.7 Å². The number of esters is 1. The maximum absolute atomic E-state index is 12.9. The third-order valence-corrected chi connectivity index (χ3v) is 5.34. The maximum Gasteiger partial charge on any atom is 0.309 e. The molecule has 0 unspecified atom stereocenters. The van der Waals surface area contributed by atoms with Crippen molar-refractivity contribution in [3.8, 4) is 0 Å². The number of amides is 1. The lowest BCUT2D eigenvalue weighted by Gasteiger charge is -2.30. The highest BCUT2D eigenvalue weighted by Crippen LogP contribution is 2.22. The SMILES string of the molecule is CCOC(=O)C1CCN(C(=O)c2ccc3c(c2)nnn3Cc2ccccc2)CC1. The number of ether oxygens (including phenoxy) is 1. The number of nitrogens with zero attached hydrogens (tertiary/aromatic N) is 4. The number of fused-ring (bicyclic) bond motifs is 1. The van der Waals surface area contributed by atoms with Gasteiger partial charge in [0.25, 0.3) is 5.91 Å². The molecule has 2 aromatic carbocycles. The van der Waals surface area contributed by atoms with Crippen LogP contribution < -0.4 is 0 Å². The zero-order valence-electron chi connectivity index (χ0n) is 16.5. The Morgan fingerprint density at radius 1 is 1.10 bits per heavy atom. The molecule has 1 amide bonds. The Balaban J connectivity index is 1.45. The van der Waals surface area contributed by atoms with Crippen LogP contribution in [0.3, 0.4) is 0 Å². The predicted molar refractivity (Wildman–Crippen MR) is 108 cm³/mol. The number of carbonyl (C=O) groups excluding carboxylic acids is 2. The average molecular weight is 392 g/mol. The van der Waals surface area contributed by atoms with Gasteiger partial charge in [-0.2, -0.15) is 0 Å². The van der Waals surface area contributed by atoms with Crippen molar-refractivity contribution >= 4 is 22.9 Å². The van der Waals surface area contributed by atoms with Crippen LogP contribution in [0.25, 0.3) is 11.0 Å². The summed E-state index contributed by atoms with van der Waals surface area (Å²) in [5.41, 5.74) is 3.34. The highest BCUT2D eigenvalue weighted by molar-refractivity contribution is 5.97. The van der Waals surface area contributed by atoms with Crippen molar-refractivity contribution in [1.29, 1.82) is 0 Å². The molecule has 7 heteroatoms. The number of carbonyl (C=O) groups is 2. The molecular formula is C22H24N4O3. The van der Waals surface area contributed by atoms with Gasteiger partial charge in [0.05, 0.1) is 24.6 Å². The summed E-state index contributed by atoms with van der Waals surface area (Å²) < 4.78 is 6.93. The molecule has 0 aliphatic carbocycles. The number of hydrogen-bond acceptors (Lipinski definition) is 5. The van der Waals surface area contributed by atoms with Gasteiger partial charge in [0.1, 0.15) is 5.52 Å². The van der Waals surface area contributed by atoms with E-state index >= 15 is 0 Å². The third-order valence-electron chi connectivity index (χ3n) is 5.34. The van der Waals surface area contributed by atoms with Crippen molar-refractivity contribution in [3.63, 3.8) is 0 Å². The molecule has 0 bridgehead atoms. The van der Waals surface area contributed by atoms with E-state index in [1.807, 2.05) is 54.1 Å². The normalized spacial score (nSPS) is 14.9. The number of aromatic nitrogens is 3. The Morgan fingerprint density at radius 2 is 1.86 bits per heavy atom. The van der Waals surface area contributed by atoms with E-state index in [-0.39, 0.29) is 17.8 Å². The fraction of sp³-hybridized carbons (Fsp3) is 0.364. The molecule has 0 atom stereocenters. The van der Waals surface area contributed by atoms with Gasteiger partial charge in [-0.3, -0.25) is 9.59 Å². The van der Waals surface area contributed by atoms with Crippen LogP contribution in [0.1, 0.15) is 35.7 Å².